The normalized spacial score (nSPS) is 22.7. The fourth-order valence-electron chi connectivity index (χ4n) is 4.81. The van der Waals surface area contributed by atoms with Crippen LogP contribution in [-0.4, -0.2) is 83.5 Å². The maximum Gasteiger partial charge on any atom is 0.408 e. The van der Waals surface area contributed by atoms with Crippen molar-refractivity contribution >= 4 is 23.9 Å². The Hall–Kier alpha value is -4.04. The van der Waals surface area contributed by atoms with E-state index in [1.54, 1.807) is 75.4 Å². The number of alkyl carbamates (subject to hydrolysis) is 1. The zero-order valence-electron chi connectivity index (χ0n) is 27.0. The standard InChI is InChI=1S/C33H45N3O10/c1-19(2)17-22(34-32(42)46-33(3,4)5)28(39)36-24-25(37)26(38)27(45-31(24)44-18-20-13-9-7-10-14-20)29(40)35-23(30(41)43-6)21-15-11-8-12-16-21/h7-16,19,22-27,31,37-38H,17-18H2,1-6H3,(H,34,42)(H,35,40)(H,36,39)/t22-,23?,24?,25+,26+,27-,31-/m0/s1. The zero-order chi connectivity index (χ0) is 34.0. The van der Waals surface area contributed by atoms with Gasteiger partial charge in [-0.25, -0.2) is 9.59 Å². The number of ether oxygens (including phenoxy) is 4. The van der Waals surface area contributed by atoms with E-state index in [1.807, 2.05) is 19.9 Å². The highest BCUT2D eigenvalue weighted by Crippen LogP contribution is 2.25. The lowest BCUT2D eigenvalue weighted by Crippen LogP contribution is -2.68. The molecule has 13 heteroatoms. The number of methoxy groups -OCH3 is 1. The van der Waals surface area contributed by atoms with Gasteiger partial charge in [0.15, 0.2) is 18.4 Å². The molecule has 1 saturated heterocycles. The fourth-order valence-corrected chi connectivity index (χ4v) is 4.81. The molecule has 1 heterocycles. The highest BCUT2D eigenvalue weighted by atomic mass is 16.7. The third-order valence-electron chi connectivity index (χ3n) is 7.00. The number of rotatable bonds is 12. The minimum Gasteiger partial charge on any atom is -0.467 e. The first-order valence-corrected chi connectivity index (χ1v) is 15.1. The summed E-state index contributed by atoms with van der Waals surface area (Å²) in [6.45, 7) is 8.77. The second kappa shape index (κ2) is 16.5. The Bertz CT molecular complexity index is 1300. The van der Waals surface area contributed by atoms with E-state index in [2.05, 4.69) is 16.0 Å². The number of nitrogens with one attached hydrogen (secondary N) is 3. The van der Waals surface area contributed by atoms with Crippen LogP contribution >= 0.6 is 0 Å². The molecule has 46 heavy (non-hydrogen) atoms. The summed E-state index contributed by atoms with van der Waals surface area (Å²) in [5.41, 5.74) is 0.348. The van der Waals surface area contributed by atoms with Crippen molar-refractivity contribution in [3.63, 3.8) is 0 Å². The van der Waals surface area contributed by atoms with Crippen LogP contribution in [-0.2, 0) is 39.9 Å². The molecule has 0 radical (unpaired) electrons. The van der Waals surface area contributed by atoms with Crippen LogP contribution in [0.2, 0.25) is 0 Å². The molecule has 3 rings (SSSR count). The van der Waals surface area contributed by atoms with Crippen molar-refractivity contribution in [2.24, 2.45) is 5.92 Å². The van der Waals surface area contributed by atoms with Crippen molar-refractivity contribution < 1.29 is 48.3 Å². The third kappa shape index (κ3) is 10.5. The SMILES string of the molecule is COC(=O)C(NC(=O)[C@H]1O[C@H](OCc2ccccc2)C(NC(=O)[C@H](CC(C)C)NC(=O)OC(C)(C)C)[C@@H](O)[C@H]1O)c1ccccc1. The summed E-state index contributed by atoms with van der Waals surface area (Å²) in [5.74, 6) is -2.39. The Morgan fingerprint density at radius 3 is 2.09 bits per heavy atom. The molecule has 1 fully saturated rings. The van der Waals surface area contributed by atoms with Crippen molar-refractivity contribution in [2.75, 3.05) is 7.11 Å². The molecule has 13 nitrogen and oxygen atoms in total. The van der Waals surface area contributed by atoms with Gasteiger partial charge in [0.05, 0.1) is 13.7 Å². The van der Waals surface area contributed by atoms with Crippen molar-refractivity contribution in [3.05, 3.63) is 71.8 Å². The number of hydrogen-bond donors (Lipinski definition) is 5. The number of carbonyl (C=O) groups is 4. The average Bonchev–Trinajstić information content (AvgIpc) is 3.00. The van der Waals surface area contributed by atoms with Gasteiger partial charge in [-0.15, -0.1) is 0 Å². The van der Waals surface area contributed by atoms with Gasteiger partial charge in [0.2, 0.25) is 5.91 Å². The summed E-state index contributed by atoms with van der Waals surface area (Å²) in [7, 11) is 1.17. The van der Waals surface area contributed by atoms with Crippen molar-refractivity contribution in [1.29, 1.82) is 0 Å². The van der Waals surface area contributed by atoms with Crippen molar-refractivity contribution in [3.8, 4) is 0 Å². The van der Waals surface area contributed by atoms with Gasteiger partial charge >= 0.3 is 12.1 Å². The van der Waals surface area contributed by atoms with E-state index in [0.717, 1.165) is 5.56 Å². The maximum atomic E-state index is 13.5. The Morgan fingerprint density at radius 2 is 1.52 bits per heavy atom. The monoisotopic (exact) mass is 643 g/mol. The number of carbonyl (C=O) groups excluding carboxylic acids is 4. The van der Waals surface area contributed by atoms with E-state index in [1.165, 1.54) is 7.11 Å². The van der Waals surface area contributed by atoms with Gasteiger partial charge in [-0.1, -0.05) is 74.5 Å². The van der Waals surface area contributed by atoms with E-state index in [0.29, 0.717) is 5.56 Å². The number of hydrogen-bond acceptors (Lipinski definition) is 10. The summed E-state index contributed by atoms with van der Waals surface area (Å²) in [4.78, 5) is 52.1. The van der Waals surface area contributed by atoms with Crippen molar-refractivity contribution in [2.45, 2.75) is 96.0 Å². The van der Waals surface area contributed by atoms with Gasteiger partial charge in [-0.2, -0.15) is 0 Å². The molecule has 1 aliphatic rings. The Balaban J connectivity index is 1.85. The van der Waals surface area contributed by atoms with Gasteiger partial charge < -0.3 is 45.1 Å². The molecule has 2 aromatic rings. The van der Waals surface area contributed by atoms with Crippen molar-refractivity contribution in [1.82, 2.24) is 16.0 Å². The lowest BCUT2D eigenvalue weighted by molar-refractivity contribution is -0.263. The summed E-state index contributed by atoms with van der Waals surface area (Å²) < 4.78 is 22.0. The second-order valence-corrected chi connectivity index (χ2v) is 12.4. The van der Waals surface area contributed by atoms with Crippen LogP contribution in [0.1, 0.15) is 58.2 Å². The molecule has 2 aromatic carbocycles. The van der Waals surface area contributed by atoms with Crippen LogP contribution in [0.4, 0.5) is 4.79 Å². The predicted molar refractivity (Wildman–Crippen MR) is 166 cm³/mol. The van der Waals surface area contributed by atoms with Crippen LogP contribution in [0, 0.1) is 5.92 Å². The molecular weight excluding hydrogens is 598 g/mol. The minimum absolute atomic E-state index is 0.0191. The van der Waals surface area contributed by atoms with E-state index in [4.69, 9.17) is 18.9 Å². The number of aliphatic hydroxyl groups is 2. The van der Waals surface area contributed by atoms with E-state index in [-0.39, 0.29) is 18.9 Å². The summed E-state index contributed by atoms with van der Waals surface area (Å²) in [6, 6.07) is 13.6. The molecule has 0 saturated carbocycles. The summed E-state index contributed by atoms with van der Waals surface area (Å²) in [5, 5.41) is 30.1. The molecule has 0 aromatic heterocycles. The molecule has 252 valence electrons. The Labute approximate surface area is 268 Å². The fraction of sp³-hybridized carbons (Fsp3) is 0.515. The van der Waals surface area contributed by atoms with Gasteiger partial charge in [0.1, 0.15) is 29.9 Å². The molecule has 3 amide bonds. The molecule has 7 atom stereocenters. The van der Waals surface area contributed by atoms with E-state index < -0.39 is 72.2 Å². The van der Waals surface area contributed by atoms with Gasteiger partial charge in [0.25, 0.3) is 5.91 Å². The van der Waals surface area contributed by atoms with Crippen LogP contribution in [0.3, 0.4) is 0 Å². The molecular formula is C33H45N3O10. The third-order valence-corrected chi connectivity index (χ3v) is 7.00. The van der Waals surface area contributed by atoms with Gasteiger partial charge in [0, 0.05) is 0 Å². The number of benzene rings is 2. The molecule has 0 spiro atoms. The Kier molecular flexibility index (Phi) is 13.1. The average molecular weight is 644 g/mol. The topological polar surface area (TPSA) is 182 Å². The highest BCUT2D eigenvalue weighted by molar-refractivity contribution is 5.88. The van der Waals surface area contributed by atoms with E-state index >= 15 is 0 Å². The lowest BCUT2D eigenvalue weighted by atomic mass is 9.94. The first-order chi connectivity index (χ1) is 21.7. The summed E-state index contributed by atoms with van der Waals surface area (Å²) in [6.07, 6.45) is -7.33. The zero-order valence-corrected chi connectivity index (χ0v) is 27.0. The van der Waals surface area contributed by atoms with Gasteiger partial charge in [-0.05, 0) is 44.2 Å². The smallest absolute Gasteiger partial charge is 0.408 e. The number of aliphatic hydroxyl groups excluding tert-OH is 2. The first-order valence-electron chi connectivity index (χ1n) is 15.1. The Morgan fingerprint density at radius 1 is 0.913 bits per heavy atom. The summed E-state index contributed by atoms with van der Waals surface area (Å²) >= 11 is 0. The maximum absolute atomic E-state index is 13.5. The molecule has 0 bridgehead atoms. The van der Waals surface area contributed by atoms with Crippen LogP contribution in [0.25, 0.3) is 0 Å². The second-order valence-electron chi connectivity index (χ2n) is 12.4. The minimum atomic E-state index is -1.85. The van der Waals surface area contributed by atoms with Crippen LogP contribution in [0.15, 0.2) is 60.7 Å². The first kappa shape index (κ1) is 36.4. The number of esters is 1. The number of amides is 3. The molecule has 2 unspecified atom stereocenters. The molecule has 1 aliphatic heterocycles. The van der Waals surface area contributed by atoms with Crippen LogP contribution in [0.5, 0.6) is 0 Å². The quantitative estimate of drug-likeness (QED) is 0.215. The lowest BCUT2D eigenvalue weighted by Gasteiger charge is -2.42. The molecule has 0 aliphatic carbocycles. The van der Waals surface area contributed by atoms with Crippen LogP contribution < -0.4 is 16.0 Å². The van der Waals surface area contributed by atoms with Gasteiger partial charge in [-0.3, -0.25) is 9.59 Å². The highest BCUT2D eigenvalue weighted by Gasteiger charge is 2.49. The molecule has 5 N–H and O–H groups in total. The van der Waals surface area contributed by atoms with E-state index in [9.17, 15) is 29.4 Å². The predicted octanol–water partition coefficient (Wildman–Crippen LogP) is 2.10. The largest absolute Gasteiger partial charge is 0.467 e.